The predicted octanol–water partition coefficient (Wildman–Crippen LogP) is 4.61. The Morgan fingerprint density at radius 3 is 2.40 bits per heavy atom. The third-order valence-corrected chi connectivity index (χ3v) is 2.30. The van der Waals surface area contributed by atoms with Crippen LogP contribution in [-0.2, 0) is 0 Å². The van der Waals surface area contributed by atoms with Gasteiger partial charge >= 0.3 is 0 Å². The highest BCUT2D eigenvalue weighted by molar-refractivity contribution is 5.80. The largest absolute Gasteiger partial charge is 0.0988 e. The van der Waals surface area contributed by atoms with Crippen LogP contribution in [0.1, 0.15) is 25.8 Å². The van der Waals surface area contributed by atoms with Crippen molar-refractivity contribution in [3.05, 3.63) is 66.3 Å². The van der Waals surface area contributed by atoms with Gasteiger partial charge in [-0.1, -0.05) is 69.0 Å². The van der Waals surface area contributed by atoms with Crippen LogP contribution < -0.4 is 0 Å². The van der Waals surface area contributed by atoms with E-state index in [0.29, 0.717) is 0 Å². The van der Waals surface area contributed by atoms with Crippen molar-refractivity contribution in [3.8, 4) is 0 Å². The maximum Gasteiger partial charge on any atom is -0.00882 e. The van der Waals surface area contributed by atoms with Crippen molar-refractivity contribution >= 4 is 5.57 Å². The number of benzene rings is 1. The molecule has 0 saturated carbocycles. The van der Waals surface area contributed by atoms with E-state index in [9.17, 15) is 0 Å². The fourth-order valence-electron chi connectivity index (χ4n) is 1.61. The zero-order valence-corrected chi connectivity index (χ0v) is 9.53. The van der Waals surface area contributed by atoms with Gasteiger partial charge in [-0.3, -0.25) is 0 Å². The zero-order valence-electron chi connectivity index (χ0n) is 9.53. The molecule has 0 saturated heterocycles. The summed E-state index contributed by atoms with van der Waals surface area (Å²) in [6.45, 7) is 7.82. The van der Waals surface area contributed by atoms with E-state index in [1.54, 1.807) is 0 Å². The summed E-state index contributed by atoms with van der Waals surface area (Å²) in [5.74, 6) is 0. The maximum atomic E-state index is 3.82. The van der Waals surface area contributed by atoms with Crippen LogP contribution in [0.3, 0.4) is 0 Å². The van der Waals surface area contributed by atoms with Crippen molar-refractivity contribution in [1.29, 1.82) is 0 Å². The molecule has 0 aromatic heterocycles. The molecule has 0 atom stereocenters. The highest BCUT2D eigenvalue weighted by Gasteiger charge is 2.06. The third kappa shape index (κ3) is 2.69. The Kier molecular flexibility index (Phi) is 4.62. The Morgan fingerprint density at radius 2 is 1.80 bits per heavy atom. The van der Waals surface area contributed by atoms with Crippen molar-refractivity contribution in [3.63, 3.8) is 0 Å². The Hall–Kier alpha value is -1.56. The lowest BCUT2D eigenvalue weighted by Crippen LogP contribution is -1.81. The quantitative estimate of drug-likeness (QED) is 0.651. The summed E-state index contributed by atoms with van der Waals surface area (Å²) in [6, 6.07) is 10.4. The van der Waals surface area contributed by atoms with E-state index < -0.39 is 0 Å². The van der Waals surface area contributed by atoms with Crippen LogP contribution >= 0.6 is 0 Å². The molecule has 1 aromatic carbocycles. The van der Waals surface area contributed by atoms with Gasteiger partial charge in [-0.2, -0.15) is 0 Å². The first-order valence-corrected chi connectivity index (χ1v) is 5.49. The van der Waals surface area contributed by atoms with Crippen molar-refractivity contribution in [1.82, 2.24) is 0 Å². The van der Waals surface area contributed by atoms with Crippen molar-refractivity contribution in [2.75, 3.05) is 0 Å². The van der Waals surface area contributed by atoms with Gasteiger partial charge in [0.2, 0.25) is 0 Å². The van der Waals surface area contributed by atoms with E-state index in [4.69, 9.17) is 0 Å². The van der Waals surface area contributed by atoms with Crippen molar-refractivity contribution in [2.45, 2.75) is 20.3 Å². The summed E-state index contributed by atoms with van der Waals surface area (Å²) in [5.41, 5.74) is 3.92. The molecule has 0 aliphatic heterocycles. The molecule has 0 amide bonds. The van der Waals surface area contributed by atoms with Gasteiger partial charge in [0.25, 0.3) is 0 Å². The van der Waals surface area contributed by atoms with E-state index in [0.717, 1.165) is 6.42 Å². The first kappa shape index (κ1) is 11.5. The second-order valence-corrected chi connectivity index (χ2v) is 3.12. The minimum Gasteiger partial charge on any atom is -0.0988 e. The molecular formula is C15H18. The number of hydrogen-bond acceptors (Lipinski definition) is 0. The van der Waals surface area contributed by atoms with Gasteiger partial charge < -0.3 is 0 Å². The van der Waals surface area contributed by atoms with Crippen LogP contribution in [0.25, 0.3) is 5.57 Å². The van der Waals surface area contributed by atoms with Gasteiger partial charge in [-0.25, -0.2) is 0 Å². The van der Waals surface area contributed by atoms with E-state index in [-0.39, 0.29) is 0 Å². The third-order valence-electron chi connectivity index (χ3n) is 2.30. The minimum absolute atomic E-state index is 1.02. The molecule has 0 heteroatoms. The molecule has 0 N–H and O–H groups in total. The van der Waals surface area contributed by atoms with Gasteiger partial charge in [0.05, 0.1) is 0 Å². The Bertz CT molecular complexity index is 366. The second-order valence-electron chi connectivity index (χ2n) is 3.12. The SMILES string of the molecule is C=CC1=C(c2ccccc2)C=CC1.CC. The Balaban J connectivity index is 0.000000531. The molecule has 0 nitrogen and oxygen atoms in total. The summed E-state index contributed by atoms with van der Waals surface area (Å²) in [6.07, 6.45) is 7.32. The summed E-state index contributed by atoms with van der Waals surface area (Å²) in [7, 11) is 0. The van der Waals surface area contributed by atoms with E-state index in [1.165, 1.54) is 16.7 Å². The van der Waals surface area contributed by atoms with Gasteiger partial charge in [0.1, 0.15) is 0 Å². The number of rotatable bonds is 2. The van der Waals surface area contributed by atoms with Crippen LogP contribution in [-0.4, -0.2) is 0 Å². The molecule has 1 aliphatic rings. The molecule has 1 aliphatic carbocycles. The molecule has 0 unspecified atom stereocenters. The van der Waals surface area contributed by atoms with Gasteiger partial charge in [-0.05, 0) is 23.1 Å². The minimum atomic E-state index is 1.02. The molecule has 0 fully saturated rings. The maximum absolute atomic E-state index is 3.82. The normalized spacial score (nSPS) is 13.5. The zero-order chi connectivity index (χ0) is 11.1. The highest BCUT2D eigenvalue weighted by Crippen LogP contribution is 2.28. The van der Waals surface area contributed by atoms with Crippen LogP contribution in [0.4, 0.5) is 0 Å². The fourth-order valence-corrected chi connectivity index (χ4v) is 1.61. The molecule has 0 bridgehead atoms. The smallest absolute Gasteiger partial charge is 0.00882 e. The predicted molar refractivity (Wildman–Crippen MR) is 68.7 cm³/mol. The number of hydrogen-bond donors (Lipinski definition) is 0. The molecule has 0 radical (unpaired) electrons. The summed E-state index contributed by atoms with van der Waals surface area (Å²) < 4.78 is 0. The first-order chi connectivity index (χ1) is 7.42. The topological polar surface area (TPSA) is 0 Å². The summed E-state index contributed by atoms with van der Waals surface area (Å²) in [5, 5.41) is 0. The van der Waals surface area contributed by atoms with Crippen LogP contribution in [0.2, 0.25) is 0 Å². The Morgan fingerprint density at radius 1 is 1.13 bits per heavy atom. The molecular weight excluding hydrogens is 180 g/mol. The standard InChI is InChI=1S/C13H12.C2H6/c1-2-11-9-6-10-13(11)12-7-4-3-5-8-12;1-2/h2-8,10H,1,9H2;1-2H3. The van der Waals surface area contributed by atoms with E-state index >= 15 is 0 Å². The number of allylic oxidation sites excluding steroid dienone is 5. The van der Waals surface area contributed by atoms with Crippen LogP contribution in [0, 0.1) is 0 Å². The molecule has 15 heavy (non-hydrogen) atoms. The molecule has 0 spiro atoms. The Labute approximate surface area is 92.6 Å². The lowest BCUT2D eigenvalue weighted by molar-refractivity contribution is 1.34. The average Bonchev–Trinajstić information content (AvgIpc) is 2.81. The fraction of sp³-hybridized carbons (Fsp3) is 0.200. The van der Waals surface area contributed by atoms with Crippen molar-refractivity contribution in [2.24, 2.45) is 0 Å². The van der Waals surface area contributed by atoms with Gasteiger partial charge in [0.15, 0.2) is 0 Å². The van der Waals surface area contributed by atoms with Gasteiger partial charge in [0, 0.05) is 0 Å². The monoisotopic (exact) mass is 198 g/mol. The van der Waals surface area contributed by atoms with Crippen LogP contribution in [0.5, 0.6) is 0 Å². The molecule has 1 aromatic rings. The van der Waals surface area contributed by atoms with E-state index in [2.05, 4.69) is 43.0 Å². The second kappa shape index (κ2) is 6.02. The van der Waals surface area contributed by atoms with E-state index in [1.807, 2.05) is 26.0 Å². The average molecular weight is 198 g/mol. The molecule has 0 heterocycles. The first-order valence-electron chi connectivity index (χ1n) is 5.49. The lowest BCUT2D eigenvalue weighted by atomic mass is 10.0. The molecule has 2 rings (SSSR count). The molecule has 78 valence electrons. The van der Waals surface area contributed by atoms with Crippen LogP contribution in [0.15, 0.2) is 60.7 Å². The van der Waals surface area contributed by atoms with Gasteiger partial charge in [-0.15, -0.1) is 0 Å². The summed E-state index contributed by atoms with van der Waals surface area (Å²) in [4.78, 5) is 0. The summed E-state index contributed by atoms with van der Waals surface area (Å²) >= 11 is 0. The highest BCUT2D eigenvalue weighted by atomic mass is 14.1. The lowest BCUT2D eigenvalue weighted by Gasteiger charge is -2.02. The van der Waals surface area contributed by atoms with Crippen molar-refractivity contribution < 1.29 is 0 Å².